The molecular formula is C14H19FN2O2. The van der Waals surface area contributed by atoms with E-state index in [9.17, 15) is 14.3 Å². The summed E-state index contributed by atoms with van der Waals surface area (Å²) in [6.45, 7) is 0.106. The van der Waals surface area contributed by atoms with Gasteiger partial charge in [-0.25, -0.2) is 4.39 Å². The molecule has 0 saturated heterocycles. The molecule has 0 bridgehead atoms. The molecule has 0 radical (unpaired) electrons. The van der Waals surface area contributed by atoms with Gasteiger partial charge >= 0.3 is 0 Å². The van der Waals surface area contributed by atoms with Crippen molar-refractivity contribution in [1.82, 2.24) is 5.32 Å². The largest absolute Gasteiger partial charge is 0.394 e. The number of anilines is 1. The van der Waals surface area contributed by atoms with Crippen LogP contribution >= 0.6 is 0 Å². The molecule has 1 aromatic rings. The van der Waals surface area contributed by atoms with E-state index in [-0.39, 0.29) is 30.3 Å². The number of aliphatic hydroxyl groups is 1. The maximum atomic E-state index is 13.4. The fourth-order valence-corrected chi connectivity index (χ4v) is 2.47. The van der Waals surface area contributed by atoms with Crippen molar-refractivity contribution in [2.24, 2.45) is 0 Å². The van der Waals surface area contributed by atoms with Crippen LogP contribution in [0.1, 0.15) is 25.7 Å². The van der Waals surface area contributed by atoms with Crippen molar-refractivity contribution in [3.63, 3.8) is 0 Å². The molecule has 19 heavy (non-hydrogen) atoms. The SMILES string of the molecule is O=C(CNC1(CO)CCCC1)Nc1ccccc1F. The minimum atomic E-state index is -0.450. The molecule has 0 aromatic heterocycles. The summed E-state index contributed by atoms with van der Waals surface area (Å²) in [6.07, 6.45) is 3.86. The van der Waals surface area contributed by atoms with Gasteiger partial charge in [-0.1, -0.05) is 25.0 Å². The first-order valence-electron chi connectivity index (χ1n) is 6.55. The van der Waals surface area contributed by atoms with E-state index in [4.69, 9.17) is 0 Å². The Hall–Kier alpha value is -1.46. The average molecular weight is 266 g/mol. The summed E-state index contributed by atoms with van der Waals surface area (Å²) >= 11 is 0. The highest BCUT2D eigenvalue weighted by Gasteiger charge is 2.32. The van der Waals surface area contributed by atoms with Gasteiger partial charge in [-0.05, 0) is 25.0 Å². The second kappa shape index (κ2) is 6.12. The highest BCUT2D eigenvalue weighted by atomic mass is 19.1. The molecule has 1 aliphatic carbocycles. The molecule has 3 N–H and O–H groups in total. The summed E-state index contributed by atoms with van der Waals surface area (Å²) in [5, 5.41) is 15.0. The molecule has 2 rings (SSSR count). The van der Waals surface area contributed by atoms with Crippen LogP contribution in [0.4, 0.5) is 10.1 Å². The molecule has 4 nitrogen and oxygen atoms in total. The molecule has 1 fully saturated rings. The molecule has 5 heteroatoms. The Bertz CT molecular complexity index is 445. The predicted molar refractivity (Wildman–Crippen MR) is 71.3 cm³/mol. The number of benzene rings is 1. The molecule has 0 atom stereocenters. The molecule has 0 unspecified atom stereocenters. The van der Waals surface area contributed by atoms with Crippen molar-refractivity contribution in [2.45, 2.75) is 31.2 Å². The maximum Gasteiger partial charge on any atom is 0.238 e. The van der Waals surface area contributed by atoms with Gasteiger partial charge in [0.1, 0.15) is 5.82 Å². The predicted octanol–water partition coefficient (Wildman–Crippen LogP) is 1.66. The van der Waals surface area contributed by atoms with Crippen LogP contribution in [0.5, 0.6) is 0 Å². The monoisotopic (exact) mass is 266 g/mol. The van der Waals surface area contributed by atoms with Gasteiger partial charge in [0.05, 0.1) is 18.8 Å². The van der Waals surface area contributed by atoms with E-state index in [1.807, 2.05) is 0 Å². The van der Waals surface area contributed by atoms with Crippen LogP contribution in [-0.4, -0.2) is 29.7 Å². The minimum absolute atomic E-state index is 0.0278. The number of carbonyl (C=O) groups excluding carboxylic acids is 1. The first kappa shape index (κ1) is 14.0. The number of hydrogen-bond acceptors (Lipinski definition) is 3. The zero-order valence-corrected chi connectivity index (χ0v) is 10.8. The third kappa shape index (κ3) is 3.52. The second-order valence-electron chi connectivity index (χ2n) is 5.03. The Morgan fingerprint density at radius 2 is 2.00 bits per heavy atom. The van der Waals surface area contributed by atoms with Crippen molar-refractivity contribution in [3.05, 3.63) is 30.1 Å². The van der Waals surface area contributed by atoms with Gasteiger partial charge < -0.3 is 15.7 Å². The van der Waals surface area contributed by atoms with E-state index in [1.165, 1.54) is 12.1 Å². The Labute approximate surface area is 112 Å². The second-order valence-corrected chi connectivity index (χ2v) is 5.03. The molecule has 1 saturated carbocycles. The topological polar surface area (TPSA) is 61.4 Å². The van der Waals surface area contributed by atoms with Crippen LogP contribution < -0.4 is 10.6 Å². The van der Waals surface area contributed by atoms with Crippen LogP contribution in [0.3, 0.4) is 0 Å². The lowest BCUT2D eigenvalue weighted by Gasteiger charge is -2.27. The van der Waals surface area contributed by atoms with Crippen LogP contribution in [-0.2, 0) is 4.79 Å². The van der Waals surface area contributed by atoms with E-state index < -0.39 is 5.82 Å². The molecule has 1 aliphatic rings. The van der Waals surface area contributed by atoms with Crippen LogP contribution in [0.25, 0.3) is 0 Å². The first-order valence-corrected chi connectivity index (χ1v) is 6.55. The molecule has 0 spiro atoms. The van der Waals surface area contributed by atoms with E-state index in [2.05, 4.69) is 10.6 Å². The molecule has 0 aliphatic heterocycles. The summed E-state index contributed by atoms with van der Waals surface area (Å²) in [4.78, 5) is 11.8. The Morgan fingerprint density at radius 3 is 2.63 bits per heavy atom. The number of rotatable bonds is 5. The van der Waals surface area contributed by atoms with Crippen molar-refractivity contribution in [2.75, 3.05) is 18.5 Å². The normalized spacial score (nSPS) is 17.4. The number of para-hydroxylation sites is 1. The number of nitrogens with one attached hydrogen (secondary N) is 2. The van der Waals surface area contributed by atoms with E-state index >= 15 is 0 Å². The van der Waals surface area contributed by atoms with Crippen molar-refractivity contribution >= 4 is 11.6 Å². The van der Waals surface area contributed by atoms with Crippen molar-refractivity contribution in [3.8, 4) is 0 Å². The zero-order valence-electron chi connectivity index (χ0n) is 10.8. The lowest BCUT2D eigenvalue weighted by Crippen LogP contribution is -2.49. The number of carbonyl (C=O) groups is 1. The third-order valence-electron chi connectivity index (χ3n) is 3.64. The van der Waals surface area contributed by atoms with Crippen LogP contribution in [0.15, 0.2) is 24.3 Å². The standard InChI is InChI=1S/C14H19FN2O2/c15-11-5-1-2-6-12(11)17-13(19)9-16-14(10-18)7-3-4-8-14/h1-2,5-6,16,18H,3-4,7-10H2,(H,17,19). The fourth-order valence-electron chi connectivity index (χ4n) is 2.47. The highest BCUT2D eigenvalue weighted by molar-refractivity contribution is 5.92. The lowest BCUT2D eigenvalue weighted by atomic mass is 9.99. The van der Waals surface area contributed by atoms with Crippen molar-refractivity contribution < 1.29 is 14.3 Å². The first-order chi connectivity index (χ1) is 9.15. The molecule has 1 amide bonds. The Morgan fingerprint density at radius 1 is 1.32 bits per heavy atom. The fraction of sp³-hybridized carbons (Fsp3) is 0.500. The van der Waals surface area contributed by atoms with Crippen LogP contribution in [0, 0.1) is 5.82 Å². The average Bonchev–Trinajstić information content (AvgIpc) is 2.89. The Kier molecular flexibility index (Phi) is 4.50. The quantitative estimate of drug-likeness (QED) is 0.759. The minimum Gasteiger partial charge on any atom is -0.394 e. The van der Waals surface area contributed by atoms with Crippen LogP contribution in [0.2, 0.25) is 0 Å². The van der Waals surface area contributed by atoms with Gasteiger partial charge in [0.15, 0.2) is 0 Å². The van der Waals surface area contributed by atoms with Gasteiger partial charge in [0.2, 0.25) is 5.91 Å². The van der Waals surface area contributed by atoms with E-state index in [0.29, 0.717) is 0 Å². The van der Waals surface area contributed by atoms with E-state index in [1.54, 1.807) is 12.1 Å². The van der Waals surface area contributed by atoms with E-state index in [0.717, 1.165) is 25.7 Å². The third-order valence-corrected chi connectivity index (χ3v) is 3.64. The summed E-state index contributed by atoms with van der Waals surface area (Å²) in [6, 6.07) is 6.06. The van der Waals surface area contributed by atoms with Gasteiger partial charge in [-0.2, -0.15) is 0 Å². The summed E-state index contributed by atoms with van der Waals surface area (Å²) in [5.74, 6) is -0.751. The highest BCUT2D eigenvalue weighted by Crippen LogP contribution is 2.28. The van der Waals surface area contributed by atoms with Gasteiger partial charge in [-0.15, -0.1) is 0 Å². The molecular weight excluding hydrogens is 247 g/mol. The van der Waals surface area contributed by atoms with Gasteiger partial charge in [0.25, 0.3) is 0 Å². The van der Waals surface area contributed by atoms with Crippen molar-refractivity contribution in [1.29, 1.82) is 0 Å². The molecule has 1 aromatic carbocycles. The summed E-state index contributed by atoms with van der Waals surface area (Å²) < 4.78 is 13.4. The summed E-state index contributed by atoms with van der Waals surface area (Å²) in [7, 11) is 0. The zero-order chi connectivity index (χ0) is 13.7. The maximum absolute atomic E-state index is 13.4. The number of aliphatic hydroxyl groups excluding tert-OH is 1. The van der Waals surface area contributed by atoms with Gasteiger partial charge in [-0.3, -0.25) is 4.79 Å². The lowest BCUT2D eigenvalue weighted by molar-refractivity contribution is -0.115. The number of halogens is 1. The van der Waals surface area contributed by atoms with Gasteiger partial charge in [0, 0.05) is 5.54 Å². The number of hydrogen-bond donors (Lipinski definition) is 3. The summed E-state index contributed by atoms with van der Waals surface area (Å²) in [5.41, 5.74) is -0.161. The Balaban J connectivity index is 1.86. The molecule has 0 heterocycles. The molecule has 104 valence electrons. The number of amides is 1. The smallest absolute Gasteiger partial charge is 0.238 e.